The number of methoxy groups -OCH3 is 1. The molecule has 1 amide bonds. The normalized spacial score (nSPS) is 14.4. The number of ether oxygens (including phenoxy) is 1. The molecule has 0 atom stereocenters. The largest absolute Gasteiger partial charge is 0.383 e. The van der Waals surface area contributed by atoms with E-state index in [1.807, 2.05) is 25.3 Å². The molecule has 2 aromatic rings. The Balaban J connectivity index is 2.01. The van der Waals surface area contributed by atoms with E-state index in [1.165, 1.54) is 12.8 Å². The third kappa shape index (κ3) is 4.87. The second-order valence-corrected chi connectivity index (χ2v) is 7.52. The van der Waals surface area contributed by atoms with Gasteiger partial charge in [0.2, 0.25) is 0 Å². The lowest BCUT2D eigenvalue weighted by Crippen LogP contribution is -2.35. The van der Waals surface area contributed by atoms with Gasteiger partial charge in [0, 0.05) is 50.0 Å². The van der Waals surface area contributed by atoms with Crippen molar-refractivity contribution in [3.05, 3.63) is 63.3 Å². The molecule has 0 unspecified atom stereocenters. The Bertz CT molecular complexity index is 855. The zero-order valence-corrected chi connectivity index (χ0v) is 16.7. The van der Waals surface area contributed by atoms with Gasteiger partial charge in [-0.25, -0.2) is 0 Å². The van der Waals surface area contributed by atoms with E-state index in [9.17, 15) is 9.59 Å². The van der Waals surface area contributed by atoms with Gasteiger partial charge in [-0.2, -0.15) is 0 Å². The van der Waals surface area contributed by atoms with Crippen LogP contribution in [0.5, 0.6) is 0 Å². The number of carbonyl (C=O) groups is 1. The number of hydrogen-bond donors (Lipinski definition) is 1. The molecular weight excluding hydrogens is 354 g/mol. The third-order valence-electron chi connectivity index (χ3n) is 5.47. The molecule has 0 radical (unpaired) electrons. The van der Waals surface area contributed by atoms with Gasteiger partial charge < -0.3 is 14.6 Å². The highest BCUT2D eigenvalue weighted by Crippen LogP contribution is 2.29. The fraction of sp³-hybridized carbons (Fsp3) is 0.500. The SMILES string of the molecule is COCCNC(=O)c1c(CC2CCCC2)n(Cc2cccnc2)c(C)cc1=O. The van der Waals surface area contributed by atoms with Crippen LogP contribution in [-0.4, -0.2) is 35.7 Å². The lowest BCUT2D eigenvalue weighted by molar-refractivity contribution is 0.0933. The van der Waals surface area contributed by atoms with Crippen LogP contribution in [0.2, 0.25) is 0 Å². The van der Waals surface area contributed by atoms with E-state index in [0.717, 1.165) is 36.2 Å². The number of carbonyl (C=O) groups excluding carboxylic acids is 1. The summed E-state index contributed by atoms with van der Waals surface area (Å²) in [5, 5.41) is 2.83. The van der Waals surface area contributed by atoms with Gasteiger partial charge in [0.25, 0.3) is 5.91 Å². The van der Waals surface area contributed by atoms with Crippen molar-refractivity contribution in [3.8, 4) is 0 Å². The lowest BCUT2D eigenvalue weighted by atomic mass is 9.96. The van der Waals surface area contributed by atoms with Gasteiger partial charge in [-0.1, -0.05) is 31.7 Å². The second kappa shape index (κ2) is 9.64. The van der Waals surface area contributed by atoms with Gasteiger partial charge in [0.1, 0.15) is 5.56 Å². The predicted octanol–water partition coefficient (Wildman–Crippen LogP) is 2.71. The first-order chi connectivity index (χ1) is 13.6. The van der Waals surface area contributed by atoms with Crippen molar-refractivity contribution in [2.45, 2.75) is 45.6 Å². The number of pyridine rings is 2. The maximum atomic E-state index is 12.9. The molecule has 1 N–H and O–H groups in total. The van der Waals surface area contributed by atoms with E-state index in [1.54, 1.807) is 19.4 Å². The molecule has 0 saturated heterocycles. The highest BCUT2D eigenvalue weighted by molar-refractivity contribution is 5.95. The number of aromatic nitrogens is 2. The quantitative estimate of drug-likeness (QED) is 0.712. The summed E-state index contributed by atoms with van der Waals surface area (Å²) in [6.45, 7) is 3.33. The minimum Gasteiger partial charge on any atom is -0.383 e. The zero-order chi connectivity index (χ0) is 19.9. The summed E-state index contributed by atoms with van der Waals surface area (Å²) in [6, 6.07) is 5.49. The molecule has 0 aliphatic heterocycles. The highest BCUT2D eigenvalue weighted by Gasteiger charge is 2.24. The van der Waals surface area contributed by atoms with E-state index in [4.69, 9.17) is 4.74 Å². The number of aryl methyl sites for hydroxylation is 1. The summed E-state index contributed by atoms with van der Waals surface area (Å²) in [5.74, 6) is 0.210. The first-order valence-electron chi connectivity index (χ1n) is 9.99. The summed E-state index contributed by atoms with van der Waals surface area (Å²) in [5.41, 5.74) is 2.83. The first kappa shape index (κ1) is 20.3. The summed E-state index contributed by atoms with van der Waals surface area (Å²) < 4.78 is 7.13. The van der Waals surface area contributed by atoms with Gasteiger partial charge in [-0.3, -0.25) is 14.6 Å². The van der Waals surface area contributed by atoms with Crippen molar-refractivity contribution >= 4 is 5.91 Å². The van der Waals surface area contributed by atoms with Crippen LogP contribution in [0.25, 0.3) is 0 Å². The molecular formula is C22H29N3O3. The van der Waals surface area contributed by atoms with Crippen LogP contribution in [-0.2, 0) is 17.7 Å². The Morgan fingerprint density at radius 1 is 1.36 bits per heavy atom. The van der Waals surface area contributed by atoms with Gasteiger partial charge in [0.15, 0.2) is 5.43 Å². The van der Waals surface area contributed by atoms with Crippen molar-refractivity contribution in [2.75, 3.05) is 20.3 Å². The number of amides is 1. The van der Waals surface area contributed by atoms with E-state index in [-0.39, 0.29) is 16.9 Å². The number of nitrogens with zero attached hydrogens (tertiary/aromatic N) is 2. The van der Waals surface area contributed by atoms with Crippen LogP contribution in [0.1, 0.15) is 53.0 Å². The summed E-state index contributed by atoms with van der Waals surface area (Å²) >= 11 is 0. The smallest absolute Gasteiger partial charge is 0.257 e. The average Bonchev–Trinajstić information content (AvgIpc) is 3.19. The minimum atomic E-state index is -0.310. The zero-order valence-electron chi connectivity index (χ0n) is 16.7. The van der Waals surface area contributed by atoms with Crippen LogP contribution in [0.4, 0.5) is 0 Å². The fourth-order valence-electron chi connectivity index (χ4n) is 4.02. The van der Waals surface area contributed by atoms with E-state index < -0.39 is 0 Å². The Kier molecular flexibility index (Phi) is 6.98. The first-order valence-corrected chi connectivity index (χ1v) is 9.99. The van der Waals surface area contributed by atoms with Gasteiger partial charge in [0.05, 0.1) is 6.61 Å². The second-order valence-electron chi connectivity index (χ2n) is 7.52. The molecule has 1 aliphatic carbocycles. The number of rotatable bonds is 8. The molecule has 0 aromatic carbocycles. The molecule has 6 nitrogen and oxygen atoms in total. The molecule has 28 heavy (non-hydrogen) atoms. The Labute approximate surface area is 165 Å². The van der Waals surface area contributed by atoms with Gasteiger partial charge in [-0.05, 0) is 30.9 Å². The molecule has 1 aliphatic rings. The summed E-state index contributed by atoms with van der Waals surface area (Å²) in [7, 11) is 1.59. The van der Waals surface area contributed by atoms with Crippen LogP contribution in [0, 0.1) is 12.8 Å². The Morgan fingerprint density at radius 3 is 2.82 bits per heavy atom. The lowest BCUT2D eigenvalue weighted by Gasteiger charge is -2.22. The molecule has 6 heteroatoms. The number of hydrogen-bond acceptors (Lipinski definition) is 4. The number of nitrogens with one attached hydrogen (secondary N) is 1. The Morgan fingerprint density at radius 2 is 2.14 bits per heavy atom. The van der Waals surface area contributed by atoms with Crippen molar-refractivity contribution in [2.24, 2.45) is 5.92 Å². The molecule has 150 valence electrons. The van der Waals surface area contributed by atoms with E-state index in [0.29, 0.717) is 25.6 Å². The molecule has 0 bridgehead atoms. The summed E-state index contributed by atoms with van der Waals surface area (Å²) in [4.78, 5) is 29.9. The monoisotopic (exact) mass is 383 g/mol. The molecule has 0 spiro atoms. The molecule has 2 heterocycles. The maximum absolute atomic E-state index is 12.9. The minimum absolute atomic E-state index is 0.206. The standard InChI is InChI=1S/C22H29N3O3/c1-16-12-20(26)21(22(27)24-10-11-28-2)19(13-17-6-3-4-7-17)25(16)15-18-8-5-9-23-14-18/h5,8-9,12,14,17H,3-4,6-7,10-11,13,15H2,1-2H3,(H,24,27). The predicted molar refractivity (Wildman–Crippen MR) is 109 cm³/mol. The maximum Gasteiger partial charge on any atom is 0.257 e. The van der Waals surface area contributed by atoms with Crippen molar-refractivity contribution in [1.82, 2.24) is 14.9 Å². The van der Waals surface area contributed by atoms with Crippen LogP contribution in [0.3, 0.4) is 0 Å². The van der Waals surface area contributed by atoms with Crippen LogP contribution >= 0.6 is 0 Å². The van der Waals surface area contributed by atoms with Crippen LogP contribution in [0.15, 0.2) is 35.4 Å². The molecule has 2 aromatic heterocycles. The van der Waals surface area contributed by atoms with Crippen molar-refractivity contribution in [1.29, 1.82) is 0 Å². The molecule has 3 rings (SSSR count). The van der Waals surface area contributed by atoms with Gasteiger partial charge in [-0.15, -0.1) is 0 Å². The summed E-state index contributed by atoms with van der Waals surface area (Å²) in [6.07, 6.45) is 9.08. The average molecular weight is 383 g/mol. The van der Waals surface area contributed by atoms with Crippen molar-refractivity contribution < 1.29 is 9.53 Å². The molecule has 1 fully saturated rings. The van der Waals surface area contributed by atoms with E-state index >= 15 is 0 Å². The molecule has 1 saturated carbocycles. The van der Waals surface area contributed by atoms with Crippen LogP contribution < -0.4 is 10.7 Å². The Hall–Kier alpha value is -2.47. The highest BCUT2D eigenvalue weighted by atomic mass is 16.5. The third-order valence-corrected chi connectivity index (χ3v) is 5.47. The van der Waals surface area contributed by atoms with E-state index in [2.05, 4.69) is 14.9 Å². The topological polar surface area (TPSA) is 73.2 Å². The van der Waals surface area contributed by atoms with Crippen molar-refractivity contribution in [3.63, 3.8) is 0 Å². The van der Waals surface area contributed by atoms with Gasteiger partial charge >= 0.3 is 0 Å². The fourth-order valence-corrected chi connectivity index (χ4v) is 4.02.